The number of ketones is 1. The Labute approximate surface area is 148 Å². The van der Waals surface area contributed by atoms with Crippen molar-refractivity contribution in [2.75, 3.05) is 13.1 Å². The van der Waals surface area contributed by atoms with Gasteiger partial charge in [0.25, 0.3) is 12.3 Å². The molecule has 1 aromatic rings. The van der Waals surface area contributed by atoms with Crippen molar-refractivity contribution in [2.45, 2.75) is 26.7 Å². The minimum absolute atomic E-state index is 0.0685. The lowest BCUT2D eigenvalue weighted by Gasteiger charge is -2.53. The number of nitriles is 1. The molecule has 1 aliphatic heterocycles. The van der Waals surface area contributed by atoms with E-state index in [1.165, 1.54) is 4.90 Å². The van der Waals surface area contributed by atoms with Gasteiger partial charge in [-0.15, -0.1) is 0 Å². The summed E-state index contributed by atoms with van der Waals surface area (Å²) in [4.78, 5) is 29.5. The first-order valence-corrected chi connectivity index (χ1v) is 7.99. The van der Waals surface area contributed by atoms with Crippen molar-refractivity contribution in [1.82, 2.24) is 9.88 Å². The van der Waals surface area contributed by atoms with Crippen LogP contribution in [0.3, 0.4) is 0 Å². The maximum atomic E-state index is 14.0. The van der Waals surface area contributed by atoms with Gasteiger partial charge in [-0.2, -0.15) is 5.26 Å². The van der Waals surface area contributed by atoms with Gasteiger partial charge in [0.1, 0.15) is 6.07 Å². The second-order valence-corrected chi connectivity index (χ2v) is 7.48. The van der Waals surface area contributed by atoms with Crippen LogP contribution in [0, 0.1) is 28.0 Å². The minimum atomic E-state index is -2.87. The van der Waals surface area contributed by atoms with Gasteiger partial charge in [0.2, 0.25) is 0 Å². The number of rotatable bonds is 2. The number of halogens is 3. The van der Waals surface area contributed by atoms with Gasteiger partial charge in [-0.25, -0.2) is 18.2 Å². The SMILES string of the molecule is CC1(C)CC2(C=C(C#N)C1=O)CN(C(=O)c1ncc(C(F)F)cc1F)C2. The predicted molar refractivity (Wildman–Crippen MR) is 84.6 cm³/mol. The van der Waals surface area contributed by atoms with E-state index in [4.69, 9.17) is 5.26 Å². The number of carbonyl (C=O) groups is 2. The Morgan fingerprint density at radius 3 is 2.58 bits per heavy atom. The smallest absolute Gasteiger partial charge is 0.275 e. The van der Waals surface area contributed by atoms with Crippen LogP contribution in [0.5, 0.6) is 0 Å². The van der Waals surface area contributed by atoms with E-state index >= 15 is 0 Å². The molecule has 1 saturated heterocycles. The number of amides is 1. The summed E-state index contributed by atoms with van der Waals surface area (Å²) in [5, 5.41) is 9.17. The molecule has 0 atom stereocenters. The fourth-order valence-electron chi connectivity index (χ4n) is 3.77. The van der Waals surface area contributed by atoms with E-state index in [2.05, 4.69) is 4.98 Å². The zero-order valence-electron chi connectivity index (χ0n) is 14.2. The molecular weight excluding hydrogens is 347 g/mol. The number of alkyl halides is 2. The third-order valence-electron chi connectivity index (χ3n) is 4.84. The number of allylic oxidation sites excluding steroid dienone is 1. The van der Waals surface area contributed by atoms with Gasteiger partial charge in [-0.1, -0.05) is 19.9 Å². The highest BCUT2D eigenvalue weighted by Crippen LogP contribution is 2.48. The summed E-state index contributed by atoms with van der Waals surface area (Å²) in [5.74, 6) is -2.03. The van der Waals surface area contributed by atoms with Crippen LogP contribution in [0.15, 0.2) is 23.9 Å². The number of likely N-dealkylation sites (tertiary alicyclic amines) is 1. The Bertz CT molecular complexity index is 865. The van der Waals surface area contributed by atoms with E-state index in [1.807, 2.05) is 6.07 Å². The van der Waals surface area contributed by atoms with Crippen LogP contribution in [0.1, 0.15) is 42.7 Å². The monoisotopic (exact) mass is 363 g/mol. The highest BCUT2D eigenvalue weighted by molar-refractivity contribution is 6.04. The second kappa shape index (κ2) is 5.94. The summed E-state index contributed by atoms with van der Waals surface area (Å²) < 4.78 is 39.1. The number of carbonyl (C=O) groups excluding carboxylic acids is 2. The Morgan fingerprint density at radius 1 is 1.38 bits per heavy atom. The molecule has 0 unspecified atom stereocenters. The molecule has 1 aliphatic carbocycles. The van der Waals surface area contributed by atoms with Gasteiger partial charge in [-0.3, -0.25) is 9.59 Å². The van der Waals surface area contributed by atoms with Crippen LogP contribution in [-0.4, -0.2) is 34.7 Å². The van der Waals surface area contributed by atoms with Crippen molar-refractivity contribution in [3.8, 4) is 6.07 Å². The molecular formula is C18H16F3N3O2. The zero-order valence-corrected chi connectivity index (χ0v) is 14.2. The summed E-state index contributed by atoms with van der Waals surface area (Å²) in [6.45, 7) is 3.92. The first kappa shape index (κ1) is 18.1. The summed E-state index contributed by atoms with van der Waals surface area (Å²) in [5.41, 5.74) is -2.28. The van der Waals surface area contributed by atoms with Gasteiger partial charge in [0, 0.05) is 35.7 Å². The first-order valence-electron chi connectivity index (χ1n) is 7.99. The van der Waals surface area contributed by atoms with E-state index in [0.717, 1.165) is 6.20 Å². The van der Waals surface area contributed by atoms with Crippen LogP contribution in [0.4, 0.5) is 13.2 Å². The van der Waals surface area contributed by atoms with Gasteiger partial charge in [0.05, 0.1) is 5.57 Å². The molecule has 0 aromatic carbocycles. The molecule has 0 bridgehead atoms. The van der Waals surface area contributed by atoms with E-state index < -0.39 is 40.2 Å². The highest BCUT2D eigenvalue weighted by atomic mass is 19.3. The van der Waals surface area contributed by atoms with Crippen LogP contribution < -0.4 is 0 Å². The molecule has 26 heavy (non-hydrogen) atoms. The Kier molecular flexibility index (Phi) is 4.14. The number of nitrogens with zero attached hydrogens (tertiary/aromatic N) is 3. The average molecular weight is 363 g/mol. The molecule has 136 valence electrons. The van der Waals surface area contributed by atoms with E-state index in [-0.39, 0.29) is 24.4 Å². The van der Waals surface area contributed by atoms with E-state index in [9.17, 15) is 22.8 Å². The summed E-state index contributed by atoms with van der Waals surface area (Å²) >= 11 is 0. The molecule has 0 saturated carbocycles. The van der Waals surface area contributed by atoms with Crippen molar-refractivity contribution >= 4 is 11.7 Å². The molecule has 1 amide bonds. The van der Waals surface area contributed by atoms with Crippen LogP contribution in [0.25, 0.3) is 0 Å². The van der Waals surface area contributed by atoms with Crippen molar-refractivity contribution in [1.29, 1.82) is 5.26 Å². The molecule has 8 heteroatoms. The zero-order chi connectivity index (χ0) is 19.3. The van der Waals surface area contributed by atoms with Gasteiger partial charge in [-0.05, 0) is 12.5 Å². The summed E-state index contributed by atoms with van der Waals surface area (Å²) in [6, 6.07) is 2.51. The van der Waals surface area contributed by atoms with Crippen LogP contribution in [0.2, 0.25) is 0 Å². The fourth-order valence-corrected chi connectivity index (χ4v) is 3.77. The highest BCUT2D eigenvalue weighted by Gasteiger charge is 2.52. The summed E-state index contributed by atoms with van der Waals surface area (Å²) in [7, 11) is 0. The van der Waals surface area contributed by atoms with Gasteiger partial charge in [0.15, 0.2) is 17.3 Å². The third kappa shape index (κ3) is 2.87. The first-order chi connectivity index (χ1) is 12.1. The Hall–Kier alpha value is -2.69. The quantitative estimate of drug-likeness (QED) is 0.809. The molecule has 1 fully saturated rings. The molecule has 1 aromatic heterocycles. The Morgan fingerprint density at radius 2 is 2.04 bits per heavy atom. The molecule has 5 nitrogen and oxygen atoms in total. The number of hydrogen-bond donors (Lipinski definition) is 0. The lowest BCUT2D eigenvalue weighted by atomic mass is 9.61. The number of pyridine rings is 1. The second-order valence-electron chi connectivity index (χ2n) is 7.48. The molecule has 2 heterocycles. The van der Waals surface area contributed by atoms with Crippen LogP contribution in [-0.2, 0) is 4.79 Å². The molecule has 1 spiro atoms. The summed E-state index contributed by atoms with van der Waals surface area (Å²) in [6.07, 6.45) is -0.0284. The van der Waals surface area contributed by atoms with E-state index in [1.54, 1.807) is 19.9 Å². The Balaban J connectivity index is 1.80. The number of Topliss-reactive ketones (excluding diaryl/α,β-unsaturated/α-hetero) is 1. The molecule has 0 radical (unpaired) electrons. The topological polar surface area (TPSA) is 74.1 Å². The lowest BCUT2D eigenvalue weighted by molar-refractivity contribution is -0.127. The maximum Gasteiger partial charge on any atom is 0.275 e. The lowest BCUT2D eigenvalue weighted by Crippen LogP contribution is -2.61. The van der Waals surface area contributed by atoms with Crippen LogP contribution >= 0.6 is 0 Å². The van der Waals surface area contributed by atoms with Gasteiger partial charge < -0.3 is 4.90 Å². The molecule has 2 aliphatic rings. The number of aromatic nitrogens is 1. The normalized spacial score (nSPS) is 20.6. The van der Waals surface area contributed by atoms with E-state index in [0.29, 0.717) is 12.5 Å². The predicted octanol–water partition coefficient (Wildman–Crippen LogP) is 3.05. The van der Waals surface area contributed by atoms with Crippen molar-refractivity contribution in [2.24, 2.45) is 10.8 Å². The standard InChI is InChI=1S/C18H16F3N3O2/c1-17(2)7-18(4-11(5-22)14(17)25)8-24(9-18)16(26)13-12(19)3-10(6-23-13)15(20)21/h3-4,6,15H,7-9H2,1-2H3. The molecule has 0 N–H and O–H groups in total. The molecule has 3 rings (SSSR count). The fraction of sp³-hybridized carbons (Fsp3) is 0.444. The van der Waals surface area contributed by atoms with Crippen molar-refractivity contribution in [3.05, 3.63) is 41.0 Å². The van der Waals surface area contributed by atoms with Gasteiger partial charge >= 0.3 is 0 Å². The largest absolute Gasteiger partial charge is 0.335 e. The van der Waals surface area contributed by atoms with Crippen molar-refractivity contribution < 1.29 is 22.8 Å². The minimum Gasteiger partial charge on any atom is -0.335 e. The van der Waals surface area contributed by atoms with Crippen molar-refractivity contribution in [3.63, 3.8) is 0 Å². The number of hydrogen-bond acceptors (Lipinski definition) is 4. The average Bonchev–Trinajstić information content (AvgIpc) is 2.54. The third-order valence-corrected chi connectivity index (χ3v) is 4.84. The maximum absolute atomic E-state index is 14.0.